The highest BCUT2D eigenvalue weighted by Crippen LogP contribution is 2.51. The van der Waals surface area contributed by atoms with E-state index in [4.69, 9.17) is 0 Å². The Balaban J connectivity index is 1.38. The second kappa shape index (κ2) is 8.13. The fraction of sp³-hybridized carbons (Fsp3) is 0.560. The molecule has 5 rings (SSSR count). The van der Waals surface area contributed by atoms with Crippen LogP contribution in [0.3, 0.4) is 0 Å². The molecule has 2 N–H and O–H groups in total. The van der Waals surface area contributed by atoms with Crippen molar-refractivity contribution >= 4 is 17.5 Å². The lowest BCUT2D eigenvalue weighted by atomic mass is 9.88. The summed E-state index contributed by atoms with van der Waals surface area (Å²) in [6, 6.07) is 7.53. The number of aromatic nitrogens is 2. The Morgan fingerprint density at radius 2 is 1.74 bits per heavy atom. The fourth-order valence-corrected chi connectivity index (χ4v) is 5.22. The van der Waals surface area contributed by atoms with Gasteiger partial charge in [-0.15, -0.1) is 0 Å². The Morgan fingerprint density at radius 3 is 2.42 bits per heavy atom. The Bertz CT molecular complexity index is 975. The molecule has 2 saturated carbocycles. The molecular weight excluding hydrogens is 388 g/mol. The van der Waals surface area contributed by atoms with Crippen LogP contribution in [0.2, 0.25) is 0 Å². The second-order valence-electron chi connectivity index (χ2n) is 9.78. The SMILES string of the molecule is CC(C)n1nccc1C(=O)N[C@H](C(=O)Nc1ccc2c(c1)CCC2)C(C1CC1)C1CC1. The zero-order valence-corrected chi connectivity index (χ0v) is 18.4. The van der Waals surface area contributed by atoms with E-state index in [9.17, 15) is 9.59 Å². The average Bonchev–Trinajstić information content (AvgIpc) is 3.66. The number of nitrogens with one attached hydrogen (secondary N) is 2. The zero-order chi connectivity index (χ0) is 21.5. The summed E-state index contributed by atoms with van der Waals surface area (Å²) in [5.74, 6) is 0.989. The lowest BCUT2D eigenvalue weighted by Crippen LogP contribution is -2.50. The maximum absolute atomic E-state index is 13.5. The normalized spacial score (nSPS) is 18.8. The number of benzene rings is 1. The Kier molecular flexibility index (Phi) is 5.32. The van der Waals surface area contributed by atoms with Crippen LogP contribution in [0.25, 0.3) is 0 Å². The summed E-state index contributed by atoms with van der Waals surface area (Å²) in [6.45, 7) is 4.00. The fourth-order valence-electron chi connectivity index (χ4n) is 5.22. The lowest BCUT2D eigenvalue weighted by molar-refractivity contribution is -0.119. The molecule has 0 radical (unpaired) electrons. The first-order valence-corrected chi connectivity index (χ1v) is 11.8. The van der Waals surface area contributed by atoms with Gasteiger partial charge in [0.2, 0.25) is 5.91 Å². The van der Waals surface area contributed by atoms with Crippen LogP contribution in [0.4, 0.5) is 5.69 Å². The van der Waals surface area contributed by atoms with Gasteiger partial charge < -0.3 is 10.6 Å². The molecule has 0 unspecified atom stereocenters. The van der Waals surface area contributed by atoms with Crippen LogP contribution >= 0.6 is 0 Å². The van der Waals surface area contributed by atoms with Crippen molar-refractivity contribution < 1.29 is 9.59 Å². The molecule has 1 atom stereocenters. The number of amides is 2. The molecule has 31 heavy (non-hydrogen) atoms. The number of anilines is 1. The predicted octanol–water partition coefficient (Wildman–Crippen LogP) is 4.13. The maximum atomic E-state index is 13.5. The van der Waals surface area contributed by atoms with Crippen molar-refractivity contribution in [2.24, 2.45) is 17.8 Å². The third-order valence-electron chi connectivity index (χ3n) is 7.04. The van der Waals surface area contributed by atoms with E-state index in [0.29, 0.717) is 17.5 Å². The highest BCUT2D eigenvalue weighted by atomic mass is 16.2. The zero-order valence-electron chi connectivity index (χ0n) is 18.4. The summed E-state index contributed by atoms with van der Waals surface area (Å²) in [5, 5.41) is 10.5. The van der Waals surface area contributed by atoms with Gasteiger partial charge in [-0.3, -0.25) is 14.3 Å². The minimum absolute atomic E-state index is 0.0806. The highest BCUT2D eigenvalue weighted by molar-refractivity contribution is 6.00. The predicted molar refractivity (Wildman–Crippen MR) is 120 cm³/mol. The van der Waals surface area contributed by atoms with E-state index in [2.05, 4.69) is 27.9 Å². The molecule has 2 fully saturated rings. The molecule has 0 bridgehead atoms. The van der Waals surface area contributed by atoms with Gasteiger partial charge in [0.25, 0.3) is 5.91 Å². The molecule has 1 heterocycles. The number of rotatable bonds is 8. The van der Waals surface area contributed by atoms with Gasteiger partial charge >= 0.3 is 0 Å². The molecule has 3 aliphatic rings. The summed E-state index contributed by atoms with van der Waals surface area (Å²) in [7, 11) is 0. The largest absolute Gasteiger partial charge is 0.339 e. The molecule has 1 aromatic carbocycles. The topological polar surface area (TPSA) is 76.0 Å². The van der Waals surface area contributed by atoms with Gasteiger partial charge in [0.1, 0.15) is 11.7 Å². The first-order valence-electron chi connectivity index (χ1n) is 11.8. The van der Waals surface area contributed by atoms with Crippen LogP contribution in [0.5, 0.6) is 0 Å². The molecule has 2 amide bonds. The van der Waals surface area contributed by atoms with E-state index in [1.807, 2.05) is 19.9 Å². The van der Waals surface area contributed by atoms with E-state index in [-0.39, 0.29) is 23.8 Å². The second-order valence-corrected chi connectivity index (χ2v) is 9.78. The number of hydrogen-bond donors (Lipinski definition) is 2. The number of carbonyl (C=O) groups excluding carboxylic acids is 2. The van der Waals surface area contributed by atoms with Crippen LogP contribution in [0.1, 0.15) is 73.6 Å². The first-order chi connectivity index (χ1) is 15.0. The molecule has 0 spiro atoms. The first kappa shape index (κ1) is 20.3. The van der Waals surface area contributed by atoms with Crippen molar-refractivity contribution in [3.8, 4) is 0 Å². The van der Waals surface area contributed by atoms with Gasteiger partial charge in [-0.05, 0) is 106 Å². The molecular formula is C25H32N4O2. The van der Waals surface area contributed by atoms with Crippen molar-refractivity contribution in [1.82, 2.24) is 15.1 Å². The average molecular weight is 421 g/mol. The Labute approximate surface area is 183 Å². The van der Waals surface area contributed by atoms with Crippen LogP contribution in [0.15, 0.2) is 30.5 Å². The van der Waals surface area contributed by atoms with E-state index in [0.717, 1.165) is 44.2 Å². The van der Waals surface area contributed by atoms with E-state index in [1.165, 1.54) is 17.5 Å². The molecule has 6 nitrogen and oxygen atoms in total. The van der Waals surface area contributed by atoms with Crippen molar-refractivity contribution in [3.05, 3.63) is 47.3 Å². The Morgan fingerprint density at radius 1 is 1.03 bits per heavy atom. The van der Waals surface area contributed by atoms with Crippen molar-refractivity contribution in [2.45, 2.75) is 70.9 Å². The molecule has 2 aromatic rings. The van der Waals surface area contributed by atoms with Crippen LogP contribution < -0.4 is 10.6 Å². The van der Waals surface area contributed by atoms with Crippen molar-refractivity contribution in [2.75, 3.05) is 5.32 Å². The number of aryl methyl sites for hydroxylation is 2. The van der Waals surface area contributed by atoms with Crippen LogP contribution in [-0.4, -0.2) is 27.6 Å². The minimum Gasteiger partial charge on any atom is -0.339 e. The molecule has 3 aliphatic carbocycles. The number of nitrogens with zero attached hydrogens (tertiary/aromatic N) is 2. The van der Waals surface area contributed by atoms with Gasteiger partial charge in [-0.2, -0.15) is 5.10 Å². The summed E-state index contributed by atoms with van der Waals surface area (Å²) in [6.07, 6.45) is 9.65. The molecule has 0 saturated heterocycles. The summed E-state index contributed by atoms with van der Waals surface area (Å²) < 4.78 is 1.72. The van der Waals surface area contributed by atoms with E-state index >= 15 is 0 Å². The van der Waals surface area contributed by atoms with Gasteiger partial charge in [0, 0.05) is 17.9 Å². The van der Waals surface area contributed by atoms with Crippen LogP contribution in [-0.2, 0) is 17.6 Å². The number of fused-ring (bicyclic) bond motifs is 1. The van der Waals surface area contributed by atoms with Gasteiger partial charge in [-0.25, -0.2) is 0 Å². The lowest BCUT2D eigenvalue weighted by Gasteiger charge is -2.28. The quantitative estimate of drug-likeness (QED) is 0.674. The van der Waals surface area contributed by atoms with E-state index < -0.39 is 6.04 Å². The van der Waals surface area contributed by atoms with Crippen LogP contribution in [0, 0.1) is 17.8 Å². The number of carbonyl (C=O) groups is 2. The molecule has 1 aromatic heterocycles. The molecule has 6 heteroatoms. The van der Waals surface area contributed by atoms with Gasteiger partial charge in [0.05, 0.1) is 0 Å². The minimum atomic E-state index is -0.517. The van der Waals surface area contributed by atoms with E-state index in [1.54, 1.807) is 16.9 Å². The summed E-state index contributed by atoms with van der Waals surface area (Å²) in [4.78, 5) is 26.7. The summed E-state index contributed by atoms with van der Waals surface area (Å²) in [5.41, 5.74) is 4.07. The molecule has 0 aliphatic heterocycles. The van der Waals surface area contributed by atoms with Crippen molar-refractivity contribution in [3.63, 3.8) is 0 Å². The van der Waals surface area contributed by atoms with Crippen molar-refractivity contribution in [1.29, 1.82) is 0 Å². The standard InChI is InChI=1S/C25H32N4O2/c1-15(2)29-21(12-13-26-29)24(30)28-23(22(17-6-7-17)18-8-9-18)25(31)27-20-11-10-16-4-3-5-19(16)14-20/h10-15,17-18,22-23H,3-9H2,1-2H3,(H,27,31)(H,28,30)/t23-/m0/s1. The third kappa shape index (κ3) is 4.25. The monoisotopic (exact) mass is 420 g/mol. The number of hydrogen-bond acceptors (Lipinski definition) is 3. The smallest absolute Gasteiger partial charge is 0.270 e. The van der Waals surface area contributed by atoms with Gasteiger partial charge in [0.15, 0.2) is 0 Å². The Hall–Kier alpha value is -2.63. The summed E-state index contributed by atoms with van der Waals surface area (Å²) >= 11 is 0. The third-order valence-corrected chi connectivity index (χ3v) is 7.04. The molecule has 164 valence electrons. The maximum Gasteiger partial charge on any atom is 0.270 e. The highest BCUT2D eigenvalue weighted by Gasteiger charge is 2.48. The van der Waals surface area contributed by atoms with Gasteiger partial charge in [-0.1, -0.05) is 6.07 Å².